The van der Waals surface area contributed by atoms with E-state index in [4.69, 9.17) is 0 Å². The Kier molecular flexibility index (Phi) is 1.42. The number of rotatable bonds is 0. The van der Waals surface area contributed by atoms with Crippen LogP contribution >= 0.6 is 0 Å². The van der Waals surface area contributed by atoms with Gasteiger partial charge in [0.2, 0.25) is 0 Å². The third-order valence-electron chi connectivity index (χ3n) is 2.74. The minimum atomic E-state index is 0.341. The molecule has 0 atom stereocenters. The highest BCUT2D eigenvalue weighted by molar-refractivity contribution is 5.96. The normalized spacial score (nSPS) is 17.1. The van der Waals surface area contributed by atoms with Crippen LogP contribution in [0.25, 0.3) is 11.6 Å². The van der Waals surface area contributed by atoms with Crippen molar-refractivity contribution in [1.82, 2.24) is 0 Å². The molecule has 3 rings (SSSR count). The quantitative estimate of drug-likeness (QED) is 0.653. The van der Waals surface area contributed by atoms with E-state index in [1.807, 2.05) is 12.1 Å². The van der Waals surface area contributed by atoms with E-state index in [0.29, 0.717) is 5.75 Å². The zero-order valence-corrected chi connectivity index (χ0v) is 7.70. The summed E-state index contributed by atoms with van der Waals surface area (Å²) in [6.45, 7) is 0. The van der Waals surface area contributed by atoms with Gasteiger partial charge in [-0.25, -0.2) is 0 Å². The van der Waals surface area contributed by atoms with Crippen molar-refractivity contribution in [3.63, 3.8) is 0 Å². The van der Waals surface area contributed by atoms with Crippen molar-refractivity contribution in [3.8, 4) is 5.75 Å². The van der Waals surface area contributed by atoms with Gasteiger partial charge in [-0.15, -0.1) is 0 Å². The molecule has 2 aliphatic rings. The topological polar surface area (TPSA) is 20.2 Å². The van der Waals surface area contributed by atoms with E-state index in [0.717, 1.165) is 12.0 Å². The second-order valence-electron chi connectivity index (χ2n) is 3.65. The Morgan fingerprint density at radius 2 is 2.14 bits per heavy atom. The largest absolute Gasteiger partial charge is 0.508 e. The zero-order chi connectivity index (χ0) is 9.54. The van der Waals surface area contributed by atoms with Crippen LogP contribution in [-0.2, 0) is 0 Å². The van der Waals surface area contributed by atoms with E-state index in [-0.39, 0.29) is 0 Å². The first-order valence-corrected chi connectivity index (χ1v) is 4.76. The van der Waals surface area contributed by atoms with Crippen molar-refractivity contribution >= 4 is 11.6 Å². The third kappa shape index (κ3) is 0.956. The molecule has 1 nitrogen and oxygen atoms in total. The molecule has 1 heteroatoms. The summed E-state index contributed by atoms with van der Waals surface area (Å²) in [5.41, 5.74) is 5.03. The Balaban J connectivity index is 2.24. The Bertz CT molecular complexity index is 490. The van der Waals surface area contributed by atoms with Crippen LogP contribution in [0.5, 0.6) is 5.75 Å². The van der Waals surface area contributed by atoms with Crippen molar-refractivity contribution in [3.05, 3.63) is 53.1 Å². The maximum absolute atomic E-state index is 9.37. The maximum Gasteiger partial charge on any atom is 0.116 e. The van der Waals surface area contributed by atoms with E-state index in [1.165, 1.54) is 16.7 Å². The van der Waals surface area contributed by atoms with Gasteiger partial charge in [0.1, 0.15) is 5.75 Å². The van der Waals surface area contributed by atoms with Gasteiger partial charge in [0.05, 0.1) is 0 Å². The highest BCUT2D eigenvalue weighted by Gasteiger charge is 2.18. The predicted molar refractivity (Wildman–Crippen MR) is 57.8 cm³/mol. The minimum Gasteiger partial charge on any atom is -0.508 e. The lowest BCUT2D eigenvalue weighted by molar-refractivity contribution is 0.475. The number of allylic oxidation sites excluding steroid dienone is 5. The average molecular weight is 182 g/mol. The molecule has 2 aliphatic carbocycles. The first-order valence-electron chi connectivity index (χ1n) is 4.76. The molecule has 1 N–H and O–H groups in total. The van der Waals surface area contributed by atoms with Gasteiger partial charge in [0, 0.05) is 0 Å². The van der Waals surface area contributed by atoms with Crippen LogP contribution < -0.4 is 0 Å². The lowest BCUT2D eigenvalue weighted by Crippen LogP contribution is -1.86. The summed E-state index contributed by atoms with van der Waals surface area (Å²) in [5.74, 6) is 0.341. The van der Waals surface area contributed by atoms with Gasteiger partial charge in [-0.1, -0.05) is 30.4 Å². The zero-order valence-electron chi connectivity index (χ0n) is 7.70. The van der Waals surface area contributed by atoms with Crippen molar-refractivity contribution in [2.75, 3.05) is 0 Å². The van der Waals surface area contributed by atoms with E-state index >= 15 is 0 Å². The second-order valence-corrected chi connectivity index (χ2v) is 3.65. The maximum atomic E-state index is 9.37. The van der Waals surface area contributed by atoms with Crippen LogP contribution in [0.2, 0.25) is 0 Å². The number of benzene rings is 1. The molecule has 68 valence electrons. The van der Waals surface area contributed by atoms with Gasteiger partial charge in [-0.05, 0) is 40.8 Å². The molecule has 1 aromatic rings. The van der Waals surface area contributed by atoms with Crippen LogP contribution in [0.1, 0.15) is 17.5 Å². The summed E-state index contributed by atoms with van der Waals surface area (Å²) in [5, 5.41) is 9.37. The van der Waals surface area contributed by atoms with Crippen LogP contribution in [0, 0.1) is 0 Å². The molecule has 0 amide bonds. The number of hydrogen-bond acceptors (Lipinski definition) is 1. The summed E-state index contributed by atoms with van der Waals surface area (Å²) in [7, 11) is 0. The van der Waals surface area contributed by atoms with Crippen molar-refractivity contribution < 1.29 is 5.11 Å². The SMILES string of the molecule is Oc1ccc2c(c1)C=C1CC=CC=C12. The molecule has 0 unspecified atom stereocenters. The number of phenols is 1. The lowest BCUT2D eigenvalue weighted by Gasteiger charge is -2.07. The highest BCUT2D eigenvalue weighted by Crippen LogP contribution is 2.40. The van der Waals surface area contributed by atoms with E-state index in [2.05, 4.69) is 24.3 Å². The number of fused-ring (bicyclic) bond motifs is 3. The molecule has 1 aromatic carbocycles. The van der Waals surface area contributed by atoms with Gasteiger partial charge in [-0.2, -0.15) is 0 Å². The van der Waals surface area contributed by atoms with Crippen molar-refractivity contribution in [2.45, 2.75) is 6.42 Å². The first kappa shape index (κ1) is 7.63. The average Bonchev–Trinajstić information content (AvgIpc) is 2.54. The van der Waals surface area contributed by atoms with Gasteiger partial charge in [0.25, 0.3) is 0 Å². The van der Waals surface area contributed by atoms with E-state index in [9.17, 15) is 5.11 Å². The summed E-state index contributed by atoms with van der Waals surface area (Å²) >= 11 is 0. The fourth-order valence-corrected chi connectivity index (χ4v) is 2.08. The molecule has 14 heavy (non-hydrogen) atoms. The van der Waals surface area contributed by atoms with E-state index < -0.39 is 0 Å². The molecule has 0 saturated carbocycles. The standard InChI is InChI=1S/C13H10O/c14-11-5-6-13-10(8-11)7-9-3-1-2-4-12(9)13/h1-2,4-8,14H,3H2. The smallest absolute Gasteiger partial charge is 0.116 e. The van der Waals surface area contributed by atoms with Gasteiger partial charge in [0.15, 0.2) is 0 Å². The second kappa shape index (κ2) is 2.61. The molecular formula is C13H10O. The van der Waals surface area contributed by atoms with E-state index in [1.54, 1.807) is 6.07 Å². The molecular weight excluding hydrogens is 172 g/mol. The Hall–Kier alpha value is -1.76. The van der Waals surface area contributed by atoms with Crippen molar-refractivity contribution in [2.24, 2.45) is 0 Å². The minimum absolute atomic E-state index is 0.341. The van der Waals surface area contributed by atoms with Crippen LogP contribution in [0.3, 0.4) is 0 Å². The van der Waals surface area contributed by atoms with Gasteiger partial charge < -0.3 is 5.11 Å². The molecule has 0 saturated heterocycles. The molecule has 0 bridgehead atoms. The number of phenolic OH excluding ortho intramolecular Hbond substituents is 1. The molecule has 0 aromatic heterocycles. The molecule has 0 heterocycles. The van der Waals surface area contributed by atoms with Gasteiger partial charge in [-0.3, -0.25) is 0 Å². The number of hydrogen-bond donors (Lipinski definition) is 1. The van der Waals surface area contributed by atoms with Gasteiger partial charge >= 0.3 is 0 Å². The van der Waals surface area contributed by atoms with Crippen LogP contribution in [0.4, 0.5) is 0 Å². The van der Waals surface area contributed by atoms with Crippen LogP contribution in [-0.4, -0.2) is 5.11 Å². The Morgan fingerprint density at radius 1 is 1.21 bits per heavy atom. The fraction of sp³-hybridized carbons (Fsp3) is 0.0769. The summed E-state index contributed by atoms with van der Waals surface area (Å²) in [6.07, 6.45) is 9.54. The fourth-order valence-electron chi connectivity index (χ4n) is 2.08. The van der Waals surface area contributed by atoms with Crippen LogP contribution in [0.15, 0.2) is 42.0 Å². The summed E-state index contributed by atoms with van der Waals surface area (Å²) < 4.78 is 0. The lowest BCUT2D eigenvalue weighted by atomic mass is 9.97. The molecule has 0 fully saturated rings. The predicted octanol–water partition coefficient (Wildman–Crippen LogP) is 3.13. The summed E-state index contributed by atoms with van der Waals surface area (Å²) in [4.78, 5) is 0. The highest BCUT2D eigenvalue weighted by atomic mass is 16.3. The Morgan fingerprint density at radius 3 is 3.07 bits per heavy atom. The molecule has 0 radical (unpaired) electrons. The Labute approximate surface area is 82.7 Å². The molecule has 0 spiro atoms. The first-order chi connectivity index (χ1) is 6.84. The number of aromatic hydroxyl groups is 1. The third-order valence-corrected chi connectivity index (χ3v) is 2.74. The molecule has 0 aliphatic heterocycles. The van der Waals surface area contributed by atoms with Crippen molar-refractivity contribution in [1.29, 1.82) is 0 Å². The monoisotopic (exact) mass is 182 g/mol. The summed E-state index contributed by atoms with van der Waals surface area (Å²) in [6, 6.07) is 5.55.